The molecule has 0 bridgehead atoms. The van der Waals surface area contributed by atoms with E-state index in [4.69, 9.17) is 5.11 Å². The lowest BCUT2D eigenvalue weighted by atomic mass is 10.0. The van der Waals surface area contributed by atoms with Gasteiger partial charge in [-0.25, -0.2) is 4.39 Å². The number of hydrogen-bond donors (Lipinski definition) is 3. The molecule has 3 aromatic rings. The average molecular weight is 428 g/mol. The Hall–Kier alpha value is -2.96. The number of nitrogens with zero attached hydrogens (tertiary/aromatic N) is 1. The van der Waals surface area contributed by atoms with Gasteiger partial charge in [0.2, 0.25) is 0 Å². The Morgan fingerprint density at radius 2 is 1.74 bits per heavy atom. The molecule has 6 heteroatoms. The summed E-state index contributed by atoms with van der Waals surface area (Å²) >= 11 is 0. The van der Waals surface area contributed by atoms with E-state index >= 15 is 0 Å². The molecular formula is C25H30FNO4. The van der Waals surface area contributed by atoms with Gasteiger partial charge in [-0.2, -0.15) is 0 Å². The van der Waals surface area contributed by atoms with E-state index in [1.165, 1.54) is 12.1 Å². The number of para-hydroxylation sites is 1. The molecule has 0 spiro atoms. The summed E-state index contributed by atoms with van der Waals surface area (Å²) in [6, 6.07) is 14.4. The molecule has 3 rings (SSSR count). The summed E-state index contributed by atoms with van der Waals surface area (Å²) in [4.78, 5) is 10.7. The van der Waals surface area contributed by atoms with E-state index in [2.05, 4.69) is 18.4 Å². The summed E-state index contributed by atoms with van der Waals surface area (Å²) in [5, 5.41) is 29.9. The van der Waals surface area contributed by atoms with Crippen LogP contribution in [0.1, 0.15) is 45.9 Å². The molecule has 0 saturated carbocycles. The molecule has 0 aliphatic carbocycles. The zero-order valence-electron chi connectivity index (χ0n) is 17.0. The van der Waals surface area contributed by atoms with Crippen LogP contribution in [0.25, 0.3) is 28.1 Å². The third-order valence-electron chi connectivity index (χ3n) is 5.00. The van der Waals surface area contributed by atoms with E-state index in [1.54, 1.807) is 24.3 Å². The molecule has 5 nitrogen and oxygen atoms in total. The number of hydrogen-bond acceptors (Lipinski definition) is 3. The number of aliphatic hydroxyl groups excluding tert-OH is 2. The highest BCUT2D eigenvalue weighted by atomic mass is 19.1. The minimum atomic E-state index is -1.13. The van der Waals surface area contributed by atoms with Gasteiger partial charge in [-0.3, -0.25) is 4.79 Å². The van der Waals surface area contributed by atoms with Gasteiger partial charge < -0.3 is 19.9 Å². The number of aromatic nitrogens is 1. The van der Waals surface area contributed by atoms with Crippen molar-refractivity contribution in [1.82, 2.24) is 4.57 Å². The molecule has 0 aliphatic heterocycles. The maximum absolute atomic E-state index is 13.5. The lowest BCUT2D eigenvalue weighted by Gasteiger charge is -2.15. The highest BCUT2D eigenvalue weighted by molar-refractivity contribution is 6.01. The van der Waals surface area contributed by atoms with Gasteiger partial charge >= 0.3 is 5.97 Å². The van der Waals surface area contributed by atoms with Crippen molar-refractivity contribution in [2.24, 2.45) is 0 Å². The Morgan fingerprint density at radius 3 is 2.35 bits per heavy atom. The third-order valence-corrected chi connectivity index (χ3v) is 5.00. The van der Waals surface area contributed by atoms with Gasteiger partial charge in [-0.15, -0.1) is 0 Å². The molecule has 0 aliphatic rings. The zero-order valence-corrected chi connectivity index (χ0v) is 17.0. The SMILES string of the molecule is C.CC(C)n1c(/C=C/[C@@H](O)C[C@@H](O)CC(=O)O)c(-c2ccc(F)cc2)c2ccccc21. The summed E-state index contributed by atoms with van der Waals surface area (Å²) in [6.45, 7) is 4.12. The number of aliphatic hydroxyl groups is 2. The molecule has 2 aromatic carbocycles. The number of benzene rings is 2. The lowest BCUT2D eigenvalue weighted by molar-refractivity contribution is -0.139. The van der Waals surface area contributed by atoms with Crippen molar-refractivity contribution < 1.29 is 24.5 Å². The Labute approximate surface area is 182 Å². The molecule has 3 N–H and O–H groups in total. The molecule has 1 heterocycles. The van der Waals surface area contributed by atoms with E-state index in [-0.39, 0.29) is 25.7 Å². The van der Waals surface area contributed by atoms with E-state index in [9.17, 15) is 19.4 Å². The number of fused-ring (bicyclic) bond motifs is 1. The molecule has 0 saturated heterocycles. The molecule has 0 amide bonds. The van der Waals surface area contributed by atoms with Gasteiger partial charge in [0.25, 0.3) is 0 Å². The fraction of sp³-hybridized carbons (Fsp3) is 0.320. The summed E-state index contributed by atoms with van der Waals surface area (Å²) in [5.41, 5.74) is 3.65. The van der Waals surface area contributed by atoms with Crippen LogP contribution >= 0.6 is 0 Å². The highest BCUT2D eigenvalue weighted by Crippen LogP contribution is 2.38. The highest BCUT2D eigenvalue weighted by Gasteiger charge is 2.19. The molecule has 31 heavy (non-hydrogen) atoms. The second kappa shape index (κ2) is 10.4. The quantitative estimate of drug-likeness (QED) is 0.458. The van der Waals surface area contributed by atoms with Crippen molar-refractivity contribution in [3.63, 3.8) is 0 Å². The monoisotopic (exact) mass is 427 g/mol. The minimum Gasteiger partial charge on any atom is -0.481 e. The molecule has 2 atom stereocenters. The topological polar surface area (TPSA) is 82.7 Å². The fourth-order valence-corrected chi connectivity index (χ4v) is 3.77. The maximum atomic E-state index is 13.5. The van der Waals surface area contributed by atoms with Gasteiger partial charge in [0, 0.05) is 34.6 Å². The summed E-state index contributed by atoms with van der Waals surface area (Å²) in [6.07, 6.45) is 0.727. The van der Waals surface area contributed by atoms with Crippen LogP contribution in [0.4, 0.5) is 4.39 Å². The Balaban J connectivity index is 0.00000341. The van der Waals surface area contributed by atoms with Gasteiger partial charge in [0.15, 0.2) is 0 Å². The zero-order chi connectivity index (χ0) is 21.8. The second-order valence-electron chi connectivity index (χ2n) is 7.66. The normalized spacial score (nSPS) is 13.5. The van der Waals surface area contributed by atoms with Crippen LogP contribution in [0.5, 0.6) is 0 Å². The number of aliphatic carboxylic acids is 1. The minimum absolute atomic E-state index is 0. The second-order valence-corrected chi connectivity index (χ2v) is 7.66. The van der Waals surface area contributed by atoms with Crippen molar-refractivity contribution in [3.05, 3.63) is 66.1 Å². The van der Waals surface area contributed by atoms with Crippen LogP contribution in [-0.4, -0.2) is 38.1 Å². The molecule has 0 fully saturated rings. The summed E-state index contributed by atoms with van der Waals surface area (Å²) < 4.78 is 15.6. The fourth-order valence-electron chi connectivity index (χ4n) is 3.77. The van der Waals surface area contributed by atoms with Crippen molar-refractivity contribution in [1.29, 1.82) is 0 Å². The predicted molar refractivity (Wildman–Crippen MR) is 122 cm³/mol. The van der Waals surface area contributed by atoms with Gasteiger partial charge in [0.1, 0.15) is 5.82 Å². The van der Waals surface area contributed by atoms with Gasteiger partial charge in [-0.1, -0.05) is 43.8 Å². The summed E-state index contributed by atoms with van der Waals surface area (Å²) in [7, 11) is 0. The Bertz CT molecular complexity index is 1050. The Morgan fingerprint density at radius 1 is 1.10 bits per heavy atom. The molecule has 0 unspecified atom stereocenters. The van der Waals surface area contributed by atoms with Crippen molar-refractivity contribution in [3.8, 4) is 11.1 Å². The first kappa shape index (κ1) is 24.3. The largest absolute Gasteiger partial charge is 0.481 e. The molecular weight excluding hydrogens is 397 g/mol. The Kier molecular flexibility index (Phi) is 8.14. The number of carbonyl (C=O) groups is 1. The lowest BCUT2D eigenvalue weighted by Crippen LogP contribution is -2.19. The average Bonchev–Trinajstić information content (AvgIpc) is 3.00. The molecule has 0 radical (unpaired) electrons. The van der Waals surface area contributed by atoms with Crippen molar-refractivity contribution >= 4 is 22.9 Å². The number of carboxylic acid groups (broad SMARTS) is 1. The first-order chi connectivity index (χ1) is 14.3. The number of halogens is 1. The van der Waals surface area contributed by atoms with Crippen LogP contribution in [0.2, 0.25) is 0 Å². The van der Waals surface area contributed by atoms with Crippen LogP contribution in [0, 0.1) is 5.82 Å². The maximum Gasteiger partial charge on any atom is 0.305 e. The standard InChI is InChI=1S/C24H26FNO4.CH4/c1-15(2)26-21-6-4-3-5-20(21)24(16-7-9-17(25)10-8-16)22(26)12-11-18(27)13-19(28)14-23(29)30;/h3-12,15,18-19,27-28H,13-14H2,1-2H3,(H,29,30);1H4/b12-11+;/t18-,19-;/m1./s1. The first-order valence-electron chi connectivity index (χ1n) is 9.93. The van der Waals surface area contributed by atoms with Crippen LogP contribution < -0.4 is 0 Å². The molecule has 166 valence electrons. The van der Waals surface area contributed by atoms with Gasteiger partial charge in [-0.05, 0) is 43.7 Å². The van der Waals surface area contributed by atoms with E-state index < -0.39 is 24.6 Å². The predicted octanol–water partition coefficient (Wildman–Crippen LogP) is 5.26. The van der Waals surface area contributed by atoms with E-state index in [0.717, 1.165) is 27.7 Å². The first-order valence-corrected chi connectivity index (χ1v) is 9.93. The summed E-state index contributed by atoms with van der Waals surface area (Å²) in [5.74, 6) is -1.43. The number of carboxylic acids is 1. The molecule has 1 aromatic heterocycles. The smallest absolute Gasteiger partial charge is 0.305 e. The van der Waals surface area contributed by atoms with E-state index in [0.29, 0.717) is 0 Å². The van der Waals surface area contributed by atoms with Crippen molar-refractivity contribution in [2.75, 3.05) is 0 Å². The van der Waals surface area contributed by atoms with Crippen LogP contribution in [0.3, 0.4) is 0 Å². The van der Waals surface area contributed by atoms with E-state index in [1.807, 2.05) is 24.3 Å². The number of rotatable bonds is 8. The van der Waals surface area contributed by atoms with Gasteiger partial charge in [0.05, 0.1) is 18.6 Å². The van der Waals surface area contributed by atoms with Crippen LogP contribution in [-0.2, 0) is 4.79 Å². The van der Waals surface area contributed by atoms with Crippen molar-refractivity contribution in [2.45, 2.75) is 52.4 Å². The van der Waals surface area contributed by atoms with Crippen LogP contribution in [0.15, 0.2) is 54.6 Å². The third kappa shape index (κ3) is 5.60.